The molecule has 2 heterocycles. The predicted octanol–water partition coefficient (Wildman–Crippen LogP) is 3.53. The number of carbonyl (C=O) groups excluding carboxylic acids is 2. The highest BCUT2D eigenvalue weighted by Crippen LogP contribution is 2.34. The Morgan fingerprint density at radius 3 is 2.93 bits per heavy atom. The van der Waals surface area contributed by atoms with Gasteiger partial charge in [0.05, 0.1) is 23.2 Å². The summed E-state index contributed by atoms with van der Waals surface area (Å²) in [4.78, 5) is 28.4. The van der Waals surface area contributed by atoms with E-state index < -0.39 is 0 Å². The van der Waals surface area contributed by atoms with Gasteiger partial charge in [0.15, 0.2) is 6.61 Å². The number of amides is 2. The highest BCUT2D eigenvalue weighted by molar-refractivity contribution is 6.36. The first kappa shape index (κ1) is 19.2. The number of nitrogens with zero attached hydrogens (tertiary/aromatic N) is 3. The average Bonchev–Trinajstić information content (AvgIpc) is 3.16. The van der Waals surface area contributed by atoms with E-state index in [1.807, 2.05) is 12.1 Å². The van der Waals surface area contributed by atoms with E-state index in [0.717, 1.165) is 5.56 Å². The lowest BCUT2D eigenvalue weighted by Gasteiger charge is -2.25. The minimum Gasteiger partial charge on any atom is -0.483 e. The molecule has 0 aliphatic carbocycles. The van der Waals surface area contributed by atoms with E-state index in [2.05, 4.69) is 20.7 Å². The molecule has 4 rings (SSSR count). The number of halogens is 2. The summed E-state index contributed by atoms with van der Waals surface area (Å²) >= 11 is 11.9. The van der Waals surface area contributed by atoms with Crippen LogP contribution < -0.4 is 15.4 Å². The first-order valence-corrected chi connectivity index (χ1v) is 9.43. The molecule has 0 spiro atoms. The van der Waals surface area contributed by atoms with Gasteiger partial charge in [0, 0.05) is 10.6 Å². The van der Waals surface area contributed by atoms with Crippen LogP contribution in [0.1, 0.15) is 18.0 Å². The van der Waals surface area contributed by atoms with Crippen molar-refractivity contribution < 1.29 is 14.3 Å². The molecule has 1 aliphatic rings. The van der Waals surface area contributed by atoms with Crippen LogP contribution in [0.25, 0.3) is 0 Å². The third-order valence-electron chi connectivity index (χ3n) is 4.34. The van der Waals surface area contributed by atoms with Gasteiger partial charge in [-0.25, -0.2) is 4.68 Å². The molecule has 148 valence electrons. The van der Waals surface area contributed by atoms with Gasteiger partial charge in [-0.05, 0) is 24.3 Å². The second-order valence-electron chi connectivity index (χ2n) is 6.30. The number of anilines is 2. The van der Waals surface area contributed by atoms with Crippen molar-refractivity contribution in [3.8, 4) is 5.75 Å². The summed E-state index contributed by atoms with van der Waals surface area (Å²) in [6.07, 6.45) is 1.56. The van der Waals surface area contributed by atoms with Crippen LogP contribution >= 0.6 is 23.2 Å². The van der Waals surface area contributed by atoms with Gasteiger partial charge in [-0.15, -0.1) is 0 Å². The van der Waals surface area contributed by atoms with Crippen molar-refractivity contribution in [1.82, 2.24) is 14.8 Å². The molecule has 29 heavy (non-hydrogen) atoms. The molecule has 0 radical (unpaired) electrons. The maximum Gasteiger partial charge on any atom is 0.262 e. The molecule has 1 aliphatic heterocycles. The van der Waals surface area contributed by atoms with Crippen molar-refractivity contribution in [2.45, 2.75) is 12.5 Å². The molecule has 8 nitrogen and oxygen atoms in total. The quantitative estimate of drug-likeness (QED) is 0.643. The highest BCUT2D eigenvalue weighted by Gasteiger charge is 2.29. The molecular weight excluding hydrogens is 417 g/mol. The second-order valence-corrected chi connectivity index (χ2v) is 7.14. The van der Waals surface area contributed by atoms with E-state index in [4.69, 9.17) is 27.9 Å². The fraction of sp³-hybridized carbons (Fsp3) is 0.158. The summed E-state index contributed by atoms with van der Waals surface area (Å²) in [5.41, 5.74) is 1.17. The van der Waals surface area contributed by atoms with Crippen molar-refractivity contribution in [2.75, 3.05) is 17.2 Å². The van der Waals surface area contributed by atoms with Crippen LogP contribution in [0.5, 0.6) is 5.75 Å². The van der Waals surface area contributed by atoms with Crippen molar-refractivity contribution in [1.29, 1.82) is 0 Å². The Bertz CT molecular complexity index is 1090. The number of rotatable bonds is 5. The zero-order valence-corrected chi connectivity index (χ0v) is 16.4. The van der Waals surface area contributed by atoms with E-state index in [1.165, 1.54) is 6.33 Å². The van der Waals surface area contributed by atoms with Crippen molar-refractivity contribution in [3.63, 3.8) is 0 Å². The van der Waals surface area contributed by atoms with Crippen LogP contribution in [0.3, 0.4) is 0 Å². The summed E-state index contributed by atoms with van der Waals surface area (Å²) in [5, 5.41) is 10.3. The van der Waals surface area contributed by atoms with Crippen LogP contribution in [0.4, 0.5) is 11.6 Å². The van der Waals surface area contributed by atoms with E-state index >= 15 is 0 Å². The molecule has 2 N–H and O–H groups in total. The van der Waals surface area contributed by atoms with E-state index in [9.17, 15) is 9.59 Å². The lowest BCUT2D eigenvalue weighted by molar-refractivity contribution is -0.118. The van der Waals surface area contributed by atoms with Crippen LogP contribution in [0, 0.1) is 0 Å². The van der Waals surface area contributed by atoms with E-state index in [0.29, 0.717) is 27.4 Å². The van der Waals surface area contributed by atoms with Crippen molar-refractivity contribution >= 4 is 46.7 Å². The van der Waals surface area contributed by atoms with Gasteiger partial charge in [0.2, 0.25) is 11.9 Å². The normalized spacial score (nSPS) is 15.4. The zero-order valence-electron chi connectivity index (χ0n) is 14.9. The maximum atomic E-state index is 12.3. The molecule has 2 aromatic carbocycles. The standard InChI is InChI=1S/C19H15Cl2N5O3/c20-11-5-6-14(13(21)7-11)24-18(28)9-29-16-4-2-1-3-12(16)15-8-17(27)25-19-22-10-23-26(15)19/h1-7,10,15H,8-9H2,(H,24,28)(H,22,23,25,27). The number of hydrogen-bond acceptors (Lipinski definition) is 5. The molecule has 0 bridgehead atoms. The summed E-state index contributed by atoms with van der Waals surface area (Å²) in [5.74, 6) is 0.300. The second kappa shape index (κ2) is 8.10. The molecule has 0 fully saturated rings. The highest BCUT2D eigenvalue weighted by atomic mass is 35.5. The summed E-state index contributed by atoms with van der Waals surface area (Å²) in [6, 6.07) is 11.6. The number of fused-ring (bicyclic) bond motifs is 1. The summed E-state index contributed by atoms with van der Waals surface area (Å²) in [6.45, 7) is -0.237. The Balaban J connectivity index is 1.50. The van der Waals surface area contributed by atoms with E-state index in [-0.39, 0.29) is 30.9 Å². The monoisotopic (exact) mass is 431 g/mol. The molecular formula is C19H15Cl2N5O3. The largest absolute Gasteiger partial charge is 0.483 e. The van der Waals surface area contributed by atoms with Crippen LogP contribution in [0.15, 0.2) is 48.8 Å². The van der Waals surface area contributed by atoms with Gasteiger partial charge in [0.1, 0.15) is 12.1 Å². The average molecular weight is 432 g/mol. The van der Waals surface area contributed by atoms with Crippen molar-refractivity contribution in [3.05, 3.63) is 64.4 Å². The number of carbonyl (C=O) groups is 2. The molecule has 3 aromatic rings. The van der Waals surface area contributed by atoms with Crippen LogP contribution in [0.2, 0.25) is 10.0 Å². The Labute approximate surface area is 175 Å². The van der Waals surface area contributed by atoms with Crippen LogP contribution in [-0.2, 0) is 9.59 Å². The lowest BCUT2D eigenvalue weighted by atomic mass is 10.0. The molecule has 1 aromatic heterocycles. The number of hydrogen-bond donors (Lipinski definition) is 2. The Morgan fingerprint density at radius 1 is 1.28 bits per heavy atom. The fourth-order valence-corrected chi connectivity index (χ4v) is 3.51. The van der Waals surface area contributed by atoms with Crippen LogP contribution in [-0.4, -0.2) is 33.2 Å². The van der Waals surface area contributed by atoms with Crippen molar-refractivity contribution in [2.24, 2.45) is 0 Å². The minimum atomic E-state index is -0.383. The molecule has 0 saturated heterocycles. The first-order chi connectivity index (χ1) is 14.0. The Kier molecular flexibility index (Phi) is 5.37. The fourth-order valence-electron chi connectivity index (χ4n) is 3.05. The number of benzene rings is 2. The van der Waals surface area contributed by atoms with E-state index in [1.54, 1.807) is 35.0 Å². The minimum absolute atomic E-state index is 0.166. The van der Waals surface area contributed by atoms with Gasteiger partial charge < -0.3 is 10.1 Å². The third-order valence-corrected chi connectivity index (χ3v) is 4.89. The summed E-state index contributed by atoms with van der Waals surface area (Å²) < 4.78 is 7.36. The topological polar surface area (TPSA) is 98.1 Å². The molecule has 1 unspecified atom stereocenters. The Hall–Kier alpha value is -3.10. The van der Waals surface area contributed by atoms with Gasteiger partial charge in [-0.1, -0.05) is 41.4 Å². The predicted molar refractivity (Wildman–Crippen MR) is 108 cm³/mol. The van der Waals surface area contributed by atoms with Gasteiger partial charge in [-0.2, -0.15) is 10.1 Å². The third kappa shape index (κ3) is 4.18. The van der Waals surface area contributed by atoms with Gasteiger partial charge in [0.25, 0.3) is 5.91 Å². The number of nitrogens with one attached hydrogen (secondary N) is 2. The molecule has 1 atom stereocenters. The van der Waals surface area contributed by atoms with Gasteiger partial charge in [-0.3, -0.25) is 14.9 Å². The lowest BCUT2D eigenvalue weighted by Crippen LogP contribution is -2.29. The number of para-hydroxylation sites is 1. The molecule has 10 heteroatoms. The zero-order chi connectivity index (χ0) is 20.4. The molecule has 2 amide bonds. The maximum absolute atomic E-state index is 12.3. The smallest absolute Gasteiger partial charge is 0.262 e. The number of aromatic nitrogens is 3. The van der Waals surface area contributed by atoms with Gasteiger partial charge >= 0.3 is 0 Å². The molecule has 0 saturated carbocycles. The Morgan fingerprint density at radius 2 is 2.10 bits per heavy atom. The number of ether oxygens (including phenoxy) is 1. The SMILES string of the molecule is O=C(COc1ccccc1C1CC(=O)Nc2ncnn21)Nc1ccc(Cl)cc1Cl. The first-order valence-electron chi connectivity index (χ1n) is 8.67. The summed E-state index contributed by atoms with van der Waals surface area (Å²) in [7, 11) is 0.